The summed E-state index contributed by atoms with van der Waals surface area (Å²) in [6.07, 6.45) is 9.40. The molecule has 1 aliphatic carbocycles. The summed E-state index contributed by atoms with van der Waals surface area (Å²) in [5, 5.41) is 4.06. The summed E-state index contributed by atoms with van der Waals surface area (Å²) in [7, 11) is 2.09. The number of amides is 2. The Labute approximate surface area is 181 Å². The van der Waals surface area contributed by atoms with Crippen molar-refractivity contribution >= 4 is 28.7 Å². The fourth-order valence-corrected chi connectivity index (χ4v) is 5.41. The highest BCUT2D eigenvalue weighted by molar-refractivity contribution is 6.08. The fourth-order valence-electron chi connectivity index (χ4n) is 5.41. The second-order valence-corrected chi connectivity index (χ2v) is 9.32. The van der Waals surface area contributed by atoms with Crippen molar-refractivity contribution in [2.45, 2.75) is 25.7 Å². The van der Waals surface area contributed by atoms with E-state index in [1.165, 1.54) is 18.3 Å². The number of hydrogen-bond donors (Lipinski definition) is 3. The van der Waals surface area contributed by atoms with Crippen molar-refractivity contribution < 1.29 is 9.59 Å². The van der Waals surface area contributed by atoms with Gasteiger partial charge in [-0.15, -0.1) is 0 Å². The third kappa shape index (κ3) is 3.56. The zero-order chi connectivity index (χ0) is 21.6. The lowest BCUT2D eigenvalue weighted by molar-refractivity contribution is -0.125. The van der Waals surface area contributed by atoms with E-state index in [0.717, 1.165) is 45.4 Å². The lowest BCUT2D eigenvalue weighted by Gasteiger charge is -2.42. The van der Waals surface area contributed by atoms with Crippen LogP contribution in [0, 0.1) is 11.3 Å². The van der Waals surface area contributed by atoms with Crippen molar-refractivity contribution in [1.29, 1.82) is 0 Å². The Bertz CT molecular complexity index is 1060. The summed E-state index contributed by atoms with van der Waals surface area (Å²) < 4.78 is 0. The van der Waals surface area contributed by atoms with Crippen LogP contribution in [-0.2, 0) is 4.79 Å². The monoisotopic (exact) mass is 423 g/mol. The molecule has 0 bridgehead atoms. The molecule has 5 rings (SSSR count). The van der Waals surface area contributed by atoms with Crippen LogP contribution < -0.4 is 11.1 Å². The minimum Gasteiger partial charge on any atom is -0.369 e. The quantitative estimate of drug-likeness (QED) is 0.625. The maximum absolute atomic E-state index is 12.9. The van der Waals surface area contributed by atoms with Crippen molar-refractivity contribution in [3.63, 3.8) is 0 Å². The van der Waals surface area contributed by atoms with Crippen LogP contribution in [0.3, 0.4) is 0 Å². The second kappa shape index (κ2) is 7.64. The number of hydrogen-bond acceptors (Lipinski definition) is 6. The van der Waals surface area contributed by atoms with Gasteiger partial charge in [-0.05, 0) is 37.3 Å². The van der Waals surface area contributed by atoms with Crippen molar-refractivity contribution in [1.82, 2.24) is 24.8 Å². The van der Waals surface area contributed by atoms with E-state index in [9.17, 15) is 9.59 Å². The van der Waals surface area contributed by atoms with Crippen LogP contribution in [0.4, 0.5) is 5.82 Å². The lowest BCUT2D eigenvalue weighted by Crippen LogP contribution is -2.40. The molecule has 4 heterocycles. The Balaban J connectivity index is 1.32. The summed E-state index contributed by atoms with van der Waals surface area (Å²) in [4.78, 5) is 40.5. The molecule has 1 unspecified atom stereocenters. The first kappa shape index (κ1) is 20.0. The van der Waals surface area contributed by atoms with E-state index in [4.69, 9.17) is 5.73 Å². The zero-order valence-electron chi connectivity index (χ0n) is 17.9. The van der Waals surface area contributed by atoms with Gasteiger partial charge in [-0.1, -0.05) is 6.42 Å². The van der Waals surface area contributed by atoms with E-state index >= 15 is 0 Å². The fraction of sp³-hybridized carbons (Fsp3) is 0.545. The predicted molar refractivity (Wildman–Crippen MR) is 117 cm³/mol. The van der Waals surface area contributed by atoms with Gasteiger partial charge < -0.3 is 25.8 Å². The van der Waals surface area contributed by atoms with Gasteiger partial charge in [-0.2, -0.15) is 0 Å². The van der Waals surface area contributed by atoms with Crippen molar-refractivity contribution in [3.05, 3.63) is 29.7 Å². The minimum atomic E-state index is -0.511. The molecule has 1 saturated carbocycles. The molecule has 2 amide bonds. The average molecular weight is 424 g/mol. The van der Waals surface area contributed by atoms with Gasteiger partial charge in [0.1, 0.15) is 17.8 Å². The number of H-pyrrole nitrogens is 1. The first-order valence-electron chi connectivity index (χ1n) is 11.0. The molecule has 9 nitrogen and oxygen atoms in total. The van der Waals surface area contributed by atoms with Crippen LogP contribution in [-0.4, -0.2) is 76.3 Å². The van der Waals surface area contributed by atoms with Gasteiger partial charge in [-0.25, -0.2) is 9.97 Å². The normalized spacial score (nSPS) is 24.2. The second-order valence-electron chi connectivity index (χ2n) is 9.32. The van der Waals surface area contributed by atoms with Crippen LogP contribution >= 0.6 is 0 Å². The van der Waals surface area contributed by atoms with Gasteiger partial charge in [0.05, 0.1) is 10.9 Å². The lowest BCUT2D eigenvalue weighted by atomic mass is 9.63. The summed E-state index contributed by atoms with van der Waals surface area (Å²) >= 11 is 0. The molecule has 0 aromatic carbocycles. The van der Waals surface area contributed by atoms with Gasteiger partial charge in [-0.3, -0.25) is 9.59 Å². The maximum atomic E-state index is 12.9. The molecular weight excluding hydrogens is 394 g/mol. The highest BCUT2D eigenvalue weighted by Gasteiger charge is 2.51. The van der Waals surface area contributed by atoms with Crippen LogP contribution in [0.15, 0.2) is 24.2 Å². The summed E-state index contributed by atoms with van der Waals surface area (Å²) in [6, 6.07) is 0. The van der Waals surface area contributed by atoms with Gasteiger partial charge in [0, 0.05) is 50.9 Å². The number of likely N-dealkylation sites (N-methyl/N-ethyl adjacent to an activating group) is 1. The molecule has 0 radical (unpaired) electrons. The summed E-state index contributed by atoms with van der Waals surface area (Å²) in [6.45, 7) is 4.18. The first-order chi connectivity index (χ1) is 14.9. The molecule has 9 heteroatoms. The third-order valence-corrected chi connectivity index (χ3v) is 7.34. The molecule has 1 spiro atoms. The number of aromatic amines is 1. The zero-order valence-corrected chi connectivity index (χ0v) is 17.9. The molecule has 164 valence electrons. The topological polar surface area (TPSA) is 120 Å². The number of carbonyl (C=O) groups is 2. The number of rotatable bonds is 5. The van der Waals surface area contributed by atoms with Crippen LogP contribution in [0.25, 0.3) is 11.0 Å². The van der Waals surface area contributed by atoms with Gasteiger partial charge in [0.25, 0.3) is 5.91 Å². The highest BCUT2D eigenvalue weighted by Crippen LogP contribution is 2.51. The van der Waals surface area contributed by atoms with Crippen LogP contribution in [0.1, 0.15) is 36.0 Å². The molecule has 2 aromatic rings. The number of primary amides is 1. The number of nitrogens with one attached hydrogen (secondary N) is 2. The van der Waals surface area contributed by atoms with E-state index in [1.807, 2.05) is 11.0 Å². The van der Waals surface area contributed by atoms with Gasteiger partial charge in [0.15, 0.2) is 0 Å². The Morgan fingerprint density at radius 2 is 2.23 bits per heavy atom. The smallest absolute Gasteiger partial charge is 0.251 e. The molecule has 31 heavy (non-hydrogen) atoms. The SMILES string of the molecule is CN1CC/C(=C\C(=O)N2CC(CNc3ncnc4[nH]cc(C(N)=O)c34)C3(CCC3)C2)C1. The van der Waals surface area contributed by atoms with Crippen molar-refractivity contribution in [3.8, 4) is 0 Å². The molecule has 2 aliphatic heterocycles. The van der Waals surface area contributed by atoms with E-state index < -0.39 is 5.91 Å². The number of nitrogens with two attached hydrogens (primary N) is 1. The molecule has 3 fully saturated rings. The molecular formula is C22H29N7O2. The molecule has 1 atom stereocenters. The maximum Gasteiger partial charge on any atom is 0.251 e. The van der Waals surface area contributed by atoms with Crippen LogP contribution in [0.5, 0.6) is 0 Å². The minimum absolute atomic E-state index is 0.144. The largest absolute Gasteiger partial charge is 0.369 e. The number of nitrogens with zero attached hydrogens (tertiary/aromatic N) is 4. The number of fused-ring (bicyclic) bond motifs is 1. The number of anilines is 1. The highest BCUT2D eigenvalue weighted by atomic mass is 16.2. The van der Waals surface area contributed by atoms with Gasteiger partial charge >= 0.3 is 0 Å². The third-order valence-electron chi connectivity index (χ3n) is 7.34. The molecule has 3 aliphatic rings. The van der Waals surface area contributed by atoms with Crippen LogP contribution in [0.2, 0.25) is 0 Å². The predicted octanol–water partition coefficient (Wildman–Crippen LogP) is 1.36. The molecule has 2 aromatic heterocycles. The summed E-state index contributed by atoms with van der Waals surface area (Å²) in [5.74, 6) is 0.583. The van der Waals surface area contributed by atoms with Gasteiger partial charge in [0.2, 0.25) is 5.91 Å². The Morgan fingerprint density at radius 3 is 2.90 bits per heavy atom. The first-order valence-corrected chi connectivity index (χ1v) is 11.0. The average Bonchev–Trinajstić information content (AvgIpc) is 3.42. The molecule has 2 saturated heterocycles. The van der Waals surface area contributed by atoms with Crippen molar-refractivity contribution in [2.24, 2.45) is 17.1 Å². The van der Waals surface area contributed by atoms with E-state index in [1.54, 1.807) is 6.20 Å². The number of carbonyl (C=O) groups excluding carboxylic acids is 2. The Morgan fingerprint density at radius 1 is 1.39 bits per heavy atom. The number of aromatic nitrogens is 3. The van der Waals surface area contributed by atoms with Crippen molar-refractivity contribution in [2.75, 3.05) is 45.1 Å². The molecule has 4 N–H and O–H groups in total. The van der Waals surface area contributed by atoms with E-state index in [2.05, 4.69) is 32.2 Å². The standard InChI is InChI=1S/C22H29N7O2/c1-28-6-3-14(10-28)7-17(30)29-11-15(22(12-29)4-2-5-22)8-24-20-18-16(19(23)31)9-25-21(18)27-13-26-20/h7,9,13,15H,2-6,8,10-12H2,1H3,(H2,23,31)(H2,24,25,26,27)/b14-7+. The Hall–Kier alpha value is -2.94. The van der Waals surface area contributed by atoms with E-state index in [-0.39, 0.29) is 11.3 Å². The Kier molecular flexibility index (Phi) is 4.92. The summed E-state index contributed by atoms with van der Waals surface area (Å²) in [5.41, 5.74) is 7.90. The van der Waals surface area contributed by atoms with E-state index in [0.29, 0.717) is 34.9 Å². The number of likely N-dealkylation sites (tertiary alicyclic amines) is 2.